The number of aliphatic carboxylic acids is 1. The van der Waals surface area contributed by atoms with Crippen LogP contribution in [0.4, 0.5) is 8.78 Å². The number of halogens is 2. The molecular weight excluding hydrogens is 841 g/mol. The maximum absolute atomic E-state index is 13.8. The molecule has 0 bridgehead atoms. The number of thiazole rings is 1. The molecule has 2 heterocycles. The van der Waals surface area contributed by atoms with Crippen molar-refractivity contribution in [2.45, 2.75) is 108 Å². The van der Waals surface area contributed by atoms with Gasteiger partial charge in [-0.2, -0.15) is 5.10 Å². The fourth-order valence-corrected chi connectivity index (χ4v) is 9.11. The van der Waals surface area contributed by atoms with Crippen LogP contribution in [0.3, 0.4) is 0 Å². The summed E-state index contributed by atoms with van der Waals surface area (Å²) in [5.41, 5.74) is 2.44. The van der Waals surface area contributed by atoms with Crippen molar-refractivity contribution >= 4 is 34.2 Å². The molecule has 338 valence electrons. The number of aromatic nitrogens is 3. The van der Waals surface area contributed by atoms with Crippen LogP contribution in [0.15, 0.2) is 60.1 Å². The normalized spacial score (nSPS) is 18.5. The zero-order valence-electron chi connectivity index (χ0n) is 35.6. The Balaban J connectivity index is 1.05. The van der Waals surface area contributed by atoms with Gasteiger partial charge in [-0.3, -0.25) is 9.48 Å². The molecule has 0 amide bonds. The summed E-state index contributed by atoms with van der Waals surface area (Å²) in [5, 5.41) is 40.3. The number of carbonyl (C=O) groups excluding carboxylic acids is 1. The second-order valence-electron chi connectivity index (χ2n) is 16.1. The van der Waals surface area contributed by atoms with Crippen LogP contribution in [0.1, 0.15) is 100 Å². The number of nitrogens with zero attached hydrogens (tertiary/aromatic N) is 3. The van der Waals surface area contributed by atoms with E-state index in [0.29, 0.717) is 57.1 Å². The molecule has 3 aromatic carbocycles. The molecule has 17 heteroatoms. The van der Waals surface area contributed by atoms with E-state index in [1.807, 2.05) is 13.0 Å². The topological polar surface area (TPSA) is 181 Å². The first-order valence-corrected chi connectivity index (χ1v) is 21.9. The number of benzene rings is 3. The number of aliphatic hydroxyl groups is 2. The molecule has 2 saturated carbocycles. The Morgan fingerprint density at radius 3 is 2.25 bits per heavy atom. The highest BCUT2D eigenvalue weighted by molar-refractivity contribution is 7.09. The average Bonchev–Trinajstić information content (AvgIpc) is 4.05. The van der Waals surface area contributed by atoms with Crippen LogP contribution in [0, 0.1) is 12.8 Å². The Kier molecular flexibility index (Phi) is 14.9. The largest absolute Gasteiger partial charge is 0.496 e. The highest BCUT2D eigenvalue weighted by Gasteiger charge is 2.37. The number of carboxylic acids is 1. The SMILES string of the molecule is COc1cc(C(O)C(Cn2cc3cccc(C(=O)OC4CCC4COC(Cc4nc(CC(=O)O)cs4)C(O)c4cc(OC)c(C)c(OC)c4)c3n2)OC2CCCC2)ccc1C(F)F. The molecule has 5 aromatic rings. The monoisotopic (exact) mass is 893 g/mol. The zero-order chi connectivity index (χ0) is 44.8. The van der Waals surface area contributed by atoms with Crippen LogP contribution in [0.2, 0.25) is 0 Å². The number of aliphatic hydroxyl groups excluding tert-OH is 2. The molecule has 14 nitrogen and oxygen atoms in total. The predicted octanol–water partition coefficient (Wildman–Crippen LogP) is 7.75. The number of rotatable bonds is 21. The van der Waals surface area contributed by atoms with Crippen molar-refractivity contribution in [2.24, 2.45) is 5.92 Å². The molecule has 2 aromatic heterocycles. The number of hydrogen-bond acceptors (Lipinski definition) is 13. The smallest absolute Gasteiger partial charge is 0.340 e. The fourth-order valence-electron chi connectivity index (χ4n) is 8.27. The molecule has 0 aliphatic heterocycles. The van der Waals surface area contributed by atoms with E-state index in [4.69, 9.17) is 33.5 Å². The molecule has 7 rings (SSSR count). The fraction of sp³-hybridized carbons (Fsp3) is 0.478. The minimum atomic E-state index is -2.74. The van der Waals surface area contributed by atoms with E-state index in [1.165, 1.54) is 50.9 Å². The maximum Gasteiger partial charge on any atom is 0.340 e. The third kappa shape index (κ3) is 10.8. The second-order valence-corrected chi connectivity index (χ2v) is 17.0. The van der Waals surface area contributed by atoms with Gasteiger partial charge in [-0.15, -0.1) is 11.3 Å². The zero-order valence-corrected chi connectivity index (χ0v) is 36.4. The molecule has 2 aliphatic rings. The Hall–Kier alpha value is -5.20. The van der Waals surface area contributed by atoms with Crippen molar-refractivity contribution in [3.8, 4) is 17.2 Å². The van der Waals surface area contributed by atoms with Gasteiger partial charge in [-0.25, -0.2) is 18.6 Å². The molecule has 3 N–H and O–H groups in total. The minimum absolute atomic E-state index is 0.0279. The average molecular weight is 894 g/mol. The van der Waals surface area contributed by atoms with Crippen LogP contribution < -0.4 is 14.2 Å². The Morgan fingerprint density at radius 2 is 1.60 bits per heavy atom. The van der Waals surface area contributed by atoms with Crippen LogP contribution >= 0.6 is 11.3 Å². The minimum Gasteiger partial charge on any atom is -0.496 e. The standard InChI is InChI=1S/C46H53F2N3O11S/c1-25-35(57-2)17-29(18-36(25)58-3)44(55)38(20-40-49-30(24-63-40)19-41(52)53)60-23-28-13-15-34(28)62-46(56)33-11-7-8-27-21-51(50-42(27)33)22-39(61-31-9-5-6-10-31)43(54)26-12-14-32(45(47)48)37(16-26)59-4/h7-8,11-12,14,16-18,21,24,28,31,34,38-39,43-45,54-55H,5-6,9-10,13,15,19-20,22-23H2,1-4H3,(H,52,53). The van der Waals surface area contributed by atoms with Gasteiger partial charge in [-0.05, 0) is 74.1 Å². The van der Waals surface area contributed by atoms with Crippen LogP contribution in [-0.2, 0) is 38.4 Å². The lowest BCUT2D eigenvalue weighted by molar-refractivity contribution is -0.136. The third-order valence-electron chi connectivity index (χ3n) is 11.9. The first kappa shape index (κ1) is 45.8. The molecule has 6 atom stereocenters. The lowest BCUT2D eigenvalue weighted by atomic mass is 9.82. The molecule has 6 unspecified atom stereocenters. The van der Waals surface area contributed by atoms with Crippen LogP contribution in [0.5, 0.6) is 17.2 Å². The maximum atomic E-state index is 13.8. The van der Waals surface area contributed by atoms with E-state index in [2.05, 4.69) is 4.98 Å². The van der Waals surface area contributed by atoms with Crippen molar-refractivity contribution in [1.82, 2.24) is 14.8 Å². The molecule has 2 fully saturated rings. The summed E-state index contributed by atoms with van der Waals surface area (Å²) in [7, 11) is 4.37. The quantitative estimate of drug-likeness (QED) is 0.0609. The van der Waals surface area contributed by atoms with Crippen molar-refractivity contribution in [3.63, 3.8) is 0 Å². The van der Waals surface area contributed by atoms with Crippen molar-refractivity contribution in [2.75, 3.05) is 27.9 Å². The molecular formula is C46H53F2N3O11S. The van der Waals surface area contributed by atoms with E-state index in [-0.39, 0.29) is 54.9 Å². The second kappa shape index (κ2) is 20.5. The van der Waals surface area contributed by atoms with Crippen molar-refractivity contribution in [1.29, 1.82) is 0 Å². The number of ether oxygens (including phenoxy) is 6. The van der Waals surface area contributed by atoms with Gasteiger partial charge in [-0.1, -0.05) is 31.0 Å². The summed E-state index contributed by atoms with van der Waals surface area (Å²) in [5.74, 6) is -0.703. The van der Waals surface area contributed by atoms with E-state index in [0.717, 1.165) is 31.2 Å². The van der Waals surface area contributed by atoms with Crippen LogP contribution in [0.25, 0.3) is 10.9 Å². The first-order valence-electron chi connectivity index (χ1n) is 21.0. The van der Waals surface area contributed by atoms with Gasteiger partial charge in [0.05, 0.1) is 74.9 Å². The number of fused-ring (bicyclic) bond motifs is 1. The van der Waals surface area contributed by atoms with E-state index in [1.54, 1.807) is 40.5 Å². The van der Waals surface area contributed by atoms with Gasteiger partial charge in [0.1, 0.15) is 47.2 Å². The van der Waals surface area contributed by atoms with Gasteiger partial charge in [0.15, 0.2) is 0 Å². The highest BCUT2D eigenvalue weighted by Crippen LogP contribution is 2.38. The summed E-state index contributed by atoms with van der Waals surface area (Å²) in [6.45, 7) is 2.12. The molecule has 0 saturated heterocycles. The first-order chi connectivity index (χ1) is 30.3. The molecule has 0 spiro atoms. The predicted molar refractivity (Wildman–Crippen MR) is 228 cm³/mol. The number of methoxy groups -OCH3 is 3. The third-order valence-corrected chi connectivity index (χ3v) is 12.9. The summed E-state index contributed by atoms with van der Waals surface area (Å²) < 4.78 is 64.1. The summed E-state index contributed by atoms with van der Waals surface area (Å²) >= 11 is 1.29. The molecule has 63 heavy (non-hydrogen) atoms. The van der Waals surface area contributed by atoms with Crippen molar-refractivity contribution < 1.29 is 62.1 Å². The van der Waals surface area contributed by atoms with E-state index in [9.17, 15) is 33.7 Å². The van der Waals surface area contributed by atoms with Gasteiger partial charge >= 0.3 is 11.9 Å². The summed E-state index contributed by atoms with van der Waals surface area (Å²) in [4.78, 5) is 29.6. The van der Waals surface area contributed by atoms with Gasteiger partial charge in [0.25, 0.3) is 6.43 Å². The van der Waals surface area contributed by atoms with E-state index < -0.39 is 48.9 Å². The Morgan fingerprint density at radius 1 is 0.905 bits per heavy atom. The molecule has 0 radical (unpaired) electrons. The van der Waals surface area contributed by atoms with Gasteiger partial charge in [0.2, 0.25) is 0 Å². The summed E-state index contributed by atoms with van der Waals surface area (Å²) in [6.07, 6.45) is -0.520. The summed E-state index contributed by atoms with van der Waals surface area (Å²) in [6, 6.07) is 12.8. The number of alkyl halides is 2. The Labute approximate surface area is 367 Å². The number of carbonyl (C=O) groups is 2. The van der Waals surface area contributed by atoms with Gasteiger partial charge in [0, 0.05) is 34.9 Å². The lowest BCUT2D eigenvalue weighted by Crippen LogP contribution is -2.40. The number of esters is 1. The number of carboxylic acid groups (broad SMARTS) is 1. The van der Waals surface area contributed by atoms with Crippen molar-refractivity contribution in [3.05, 3.63) is 98.6 Å². The van der Waals surface area contributed by atoms with Crippen LogP contribution in [-0.4, -0.2) is 94.4 Å². The molecule has 2 aliphatic carbocycles. The van der Waals surface area contributed by atoms with Gasteiger partial charge < -0.3 is 43.7 Å². The number of hydrogen-bond donors (Lipinski definition) is 3. The lowest BCUT2D eigenvalue weighted by Gasteiger charge is -2.37. The Bertz CT molecular complexity index is 2340. The van der Waals surface area contributed by atoms with E-state index >= 15 is 0 Å². The highest BCUT2D eigenvalue weighted by atomic mass is 32.1.